The van der Waals surface area contributed by atoms with Crippen molar-refractivity contribution >= 4 is 17.5 Å². The Labute approximate surface area is 140 Å². The molecule has 1 fully saturated rings. The molecule has 0 aromatic heterocycles. The van der Waals surface area contributed by atoms with Crippen LogP contribution in [0.25, 0.3) is 0 Å². The Kier molecular flexibility index (Phi) is 4.62. The lowest BCUT2D eigenvalue weighted by Gasteiger charge is -2.36. The molecule has 2 amide bonds. The van der Waals surface area contributed by atoms with E-state index in [0.717, 1.165) is 24.9 Å². The highest BCUT2D eigenvalue weighted by Crippen LogP contribution is 2.30. The lowest BCUT2D eigenvalue weighted by atomic mass is 9.80. The van der Waals surface area contributed by atoms with E-state index in [1.807, 2.05) is 30.3 Å². The molecule has 0 bridgehead atoms. The quantitative estimate of drug-likeness (QED) is 0.791. The van der Waals surface area contributed by atoms with Gasteiger partial charge in [-0.2, -0.15) is 0 Å². The molecule has 1 aliphatic carbocycles. The number of hydrogen-bond acceptors (Lipinski definition) is 3. The van der Waals surface area contributed by atoms with Crippen molar-refractivity contribution in [3.63, 3.8) is 0 Å². The van der Waals surface area contributed by atoms with E-state index < -0.39 is 5.60 Å². The van der Waals surface area contributed by atoms with Crippen LogP contribution in [0.4, 0.5) is 5.69 Å². The van der Waals surface area contributed by atoms with E-state index in [9.17, 15) is 14.7 Å². The molecule has 0 atom stereocenters. The van der Waals surface area contributed by atoms with E-state index >= 15 is 0 Å². The van der Waals surface area contributed by atoms with Gasteiger partial charge < -0.3 is 15.7 Å². The van der Waals surface area contributed by atoms with Crippen LogP contribution in [0.1, 0.15) is 40.0 Å². The molecule has 0 saturated heterocycles. The van der Waals surface area contributed by atoms with Gasteiger partial charge in [-0.1, -0.05) is 18.2 Å². The first-order valence-corrected chi connectivity index (χ1v) is 8.03. The summed E-state index contributed by atoms with van der Waals surface area (Å²) < 4.78 is 0. The van der Waals surface area contributed by atoms with Gasteiger partial charge in [-0.05, 0) is 55.7 Å². The van der Waals surface area contributed by atoms with Crippen LogP contribution >= 0.6 is 0 Å². The zero-order valence-electron chi connectivity index (χ0n) is 13.3. The molecule has 3 N–H and O–H groups in total. The van der Waals surface area contributed by atoms with E-state index in [2.05, 4.69) is 10.6 Å². The zero-order valence-corrected chi connectivity index (χ0v) is 13.3. The van der Waals surface area contributed by atoms with Gasteiger partial charge in [0.15, 0.2) is 0 Å². The normalized spacial score (nSPS) is 15.2. The van der Waals surface area contributed by atoms with Crippen molar-refractivity contribution in [1.29, 1.82) is 0 Å². The highest BCUT2D eigenvalue weighted by atomic mass is 16.3. The summed E-state index contributed by atoms with van der Waals surface area (Å²) in [4.78, 5) is 24.2. The number of nitrogens with one attached hydrogen (secondary N) is 2. The van der Waals surface area contributed by atoms with Crippen molar-refractivity contribution < 1.29 is 14.7 Å². The molecule has 0 radical (unpaired) electrons. The van der Waals surface area contributed by atoms with E-state index in [1.54, 1.807) is 24.3 Å². The molecule has 1 aliphatic rings. The highest BCUT2D eigenvalue weighted by Gasteiger charge is 2.34. The summed E-state index contributed by atoms with van der Waals surface area (Å²) in [6, 6.07) is 15.6. The average Bonchev–Trinajstić information content (AvgIpc) is 2.59. The standard InChI is InChI=1S/C19H20N2O3/c22-17(20-13-19(24)11-4-12-19)14-7-9-15(10-8-14)18(23)21-16-5-2-1-3-6-16/h1-3,5-10,24H,4,11-13H2,(H,20,22)(H,21,23). The van der Waals surface area contributed by atoms with Gasteiger partial charge in [0, 0.05) is 23.4 Å². The monoisotopic (exact) mass is 324 g/mol. The molecular weight excluding hydrogens is 304 g/mol. The Morgan fingerprint density at radius 2 is 1.50 bits per heavy atom. The van der Waals surface area contributed by atoms with Crippen molar-refractivity contribution in [2.75, 3.05) is 11.9 Å². The highest BCUT2D eigenvalue weighted by molar-refractivity contribution is 6.05. The number of hydrogen-bond donors (Lipinski definition) is 3. The Morgan fingerprint density at radius 3 is 2.04 bits per heavy atom. The first kappa shape index (κ1) is 16.2. The molecule has 24 heavy (non-hydrogen) atoms. The van der Waals surface area contributed by atoms with Crippen LogP contribution in [0.2, 0.25) is 0 Å². The number of amides is 2. The SMILES string of the molecule is O=C(NCC1(O)CCC1)c1ccc(C(=O)Nc2ccccc2)cc1. The summed E-state index contributed by atoms with van der Waals surface area (Å²) in [6.07, 6.45) is 2.45. The second-order valence-corrected chi connectivity index (χ2v) is 6.16. The fourth-order valence-electron chi connectivity index (χ4n) is 2.61. The number of benzene rings is 2. The Hall–Kier alpha value is -2.66. The molecular formula is C19H20N2O3. The molecule has 2 aromatic rings. The van der Waals surface area contributed by atoms with E-state index in [-0.39, 0.29) is 18.4 Å². The van der Waals surface area contributed by atoms with Crippen LogP contribution in [-0.2, 0) is 0 Å². The first-order valence-electron chi connectivity index (χ1n) is 8.03. The Morgan fingerprint density at radius 1 is 0.917 bits per heavy atom. The third kappa shape index (κ3) is 3.81. The summed E-state index contributed by atoms with van der Waals surface area (Å²) in [6.45, 7) is 0.266. The molecule has 3 rings (SSSR count). The molecule has 0 heterocycles. The smallest absolute Gasteiger partial charge is 0.255 e. The molecule has 0 unspecified atom stereocenters. The van der Waals surface area contributed by atoms with Gasteiger partial charge in [0.05, 0.1) is 5.60 Å². The molecule has 124 valence electrons. The third-order valence-electron chi connectivity index (χ3n) is 4.30. The molecule has 5 nitrogen and oxygen atoms in total. The first-order chi connectivity index (χ1) is 11.6. The van der Waals surface area contributed by atoms with Crippen molar-refractivity contribution in [3.8, 4) is 0 Å². The fraction of sp³-hybridized carbons (Fsp3) is 0.263. The number of anilines is 1. The van der Waals surface area contributed by atoms with Gasteiger partial charge in [0.1, 0.15) is 0 Å². The summed E-state index contributed by atoms with van der Waals surface area (Å²) in [5.74, 6) is -0.470. The summed E-state index contributed by atoms with van der Waals surface area (Å²) in [5.41, 5.74) is 0.922. The Bertz CT molecular complexity index is 722. The number of carbonyl (C=O) groups excluding carboxylic acids is 2. The van der Waals surface area contributed by atoms with Gasteiger partial charge in [0.2, 0.25) is 0 Å². The van der Waals surface area contributed by atoms with Crippen LogP contribution in [-0.4, -0.2) is 29.1 Å². The topological polar surface area (TPSA) is 78.4 Å². The van der Waals surface area contributed by atoms with Crippen LogP contribution in [0.3, 0.4) is 0 Å². The zero-order chi connectivity index (χ0) is 17.0. The average molecular weight is 324 g/mol. The van der Waals surface area contributed by atoms with E-state index in [0.29, 0.717) is 11.1 Å². The summed E-state index contributed by atoms with van der Waals surface area (Å²) in [5, 5.41) is 15.5. The van der Waals surface area contributed by atoms with Crippen molar-refractivity contribution in [2.24, 2.45) is 0 Å². The molecule has 5 heteroatoms. The minimum absolute atomic E-state index is 0.225. The van der Waals surface area contributed by atoms with Gasteiger partial charge in [-0.15, -0.1) is 0 Å². The van der Waals surface area contributed by atoms with E-state index in [4.69, 9.17) is 0 Å². The van der Waals surface area contributed by atoms with Crippen LogP contribution in [0, 0.1) is 0 Å². The third-order valence-corrected chi connectivity index (χ3v) is 4.30. The minimum Gasteiger partial charge on any atom is -0.388 e. The second kappa shape index (κ2) is 6.84. The lowest BCUT2D eigenvalue weighted by Crippen LogP contribution is -2.47. The summed E-state index contributed by atoms with van der Waals surface area (Å²) >= 11 is 0. The van der Waals surface area contributed by atoms with Gasteiger partial charge >= 0.3 is 0 Å². The number of para-hydroxylation sites is 1. The van der Waals surface area contributed by atoms with Gasteiger partial charge in [-0.3, -0.25) is 9.59 Å². The predicted molar refractivity (Wildman–Crippen MR) is 92.0 cm³/mol. The molecule has 2 aromatic carbocycles. The maximum Gasteiger partial charge on any atom is 0.255 e. The minimum atomic E-state index is -0.745. The number of rotatable bonds is 5. The number of aliphatic hydroxyl groups is 1. The fourth-order valence-corrected chi connectivity index (χ4v) is 2.61. The van der Waals surface area contributed by atoms with Crippen molar-refractivity contribution in [3.05, 3.63) is 65.7 Å². The van der Waals surface area contributed by atoms with Crippen molar-refractivity contribution in [2.45, 2.75) is 24.9 Å². The lowest BCUT2D eigenvalue weighted by molar-refractivity contribution is -0.0300. The maximum atomic E-state index is 12.2. The largest absolute Gasteiger partial charge is 0.388 e. The van der Waals surface area contributed by atoms with Gasteiger partial charge in [-0.25, -0.2) is 0 Å². The molecule has 0 spiro atoms. The molecule has 0 aliphatic heterocycles. The number of carbonyl (C=O) groups is 2. The van der Waals surface area contributed by atoms with E-state index in [1.165, 1.54) is 0 Å². The van der Waals surface area contributed by atoms with Crippen LogP contribution in [0.5, 0.6) is 0 Å². The molecule has 1 saturated carbocycles. The van der Waals surface area contributed by atoms with Gasteiger partial charge in [0.25, 0.3) is 11.8 Å². The second-order valence-electron chi connectivity index (χ2n) is 6.16. The Balaban J connectivity index is 1.58. The predicted octanol–water partition coefficient (Wildman–Crippen LogP) is 2.58. The maximum absolute atomic E-state index is 12.2. The van der Waals surface area contributed by atoms with Crippen LogP contribution in [0.15, 0.2) is 54.6 Å². The summed E-state index contributed by atoms with van der Waals surface area (Å²) in [7, 11) is 0. The van der Waals surface area contributed by atoms with Crippen molar-refractivity contribution in [1.82, 2.24) is 5.32 Å². The van der Waals surface area contributed by atoms with Crippen LogP contribution < -0.4 is 10.6 Å².